The van der Waals surface area contributed by atoms with Gasteiger partial charge in [-0.15, -0.1) is 6.58 Å². The van der Waals surface area contributed by atoms with Crippen LogP contribution in [0.4, 0.5) is 0 Å². The van der Waals surface area contributed by atoms with Crippen molar-refractivity contribution in [1.29, 1.82) is 0 Å². The van der Waals surface area contributed by atoms with Crippen LogP contribution in [0.3, 0.4) is 0 Å². The van der Waals surface area contributed by atoms with Crippen molar-refractivity contribution >= 4 is 6.21 Å². The fraction of sp³-hybridized carbons (Fsp3) is 0.375. The number of nitrogens with zero attached hydrogens (tertiary/aromatic N) is 1. The average Bonchev–Trinajstić information content (AvgIpc) is 2.07. The molecule has 11 heavy (non-hydrogen) atoms. The minimum atomic E-state index is 0.0120. The van der Waals surface area contributed by atoms with E-state index in [4.69, 9.17) is 5.73 Å². The Morgan fingerprint density at radius 1 is 1.82 bits per heavy atom. The van der Waals surface area contributed by atoms with Crippen LogP contribution >= 0.6 is 0 Å². The van der Waals surface area contributed by atoms with Crippen LogP contribution in [0, 0.1) is 0 Å². The van der Waals surface area contributed by atoms with E-state index in [1.165, 1.54) is 0 Å². The predicted molar refractivity (Wildman–Crippen MR) is 47.3 cm³/mol. The molecule has 0 bridgehead atoms. The molecule has 3 N–H and O–H groups in total. The third kappa shape index (κ3) is 2.20. The third-order valence-electron chi connectivity index (χ3n) is 1.54. The Hall–Kier alpha value is -1.09. The van der Waals surface area contributed by atoms with Gasteiger partial charge in [0.1, 0.15) is 6.17 Å². The minimum Gasteiger partial charge on any atom is -0.369 e. The third-order valence-corrected chi connectivity index (χ3v) is 1.54. The smallest absolute Gasteiger partial charge is 0.133 e. The Bertz CT molecular complexity index is 184. The van der Waals surface area contributed by atoms with Gasteiger partial charge in [0.05, 0.1) is 0 Å². The zero-order chi connectivity index (χ0) is 8.10. The minimum absolute atomic E-state index is 0.0120. The molecule has 2 unspecified atom stereocenters. The lowest BCUT2D eigenvalue weighted by atomic mass is 10.1. The van der Waals surface area contributed by atoms with Crippen molar-refractivity contribution in [3.63, 3.8) is 0 Å². The molecule has 0 aromatic heterocycles. The summed E-state index contributed by atoms with van der Waals surface area (Å²) in [6, 6.07) is 0.0219. The summed E-state index contributed by atoms with van der Waals surface area (Å²) in [6.07, 6.45) is 8.04. The number of rotatable bonds is 3. The van der Waals surface area contributed by atoms with Crippen molar-refractivity contribution in [2.24, 2.45) is 10.7 Å². The van der Waals surface area contributed by atoms with Crippen molar-refractivity contribution in [2.45, 2.75) is 18.6 Å². The maximum absolute atomic E-state index is 5.78. The quantitative estimate of drug-likeness (QED) is 0.574. The molecule has 0 saturated carbocycles. The molecule has 2 atom stereocenters. The fourth-order valence-electron chi connectivity index (χ4n) is 0.938. The fourth-order valence-corrected chi connectivity index (χ4v) is 0.938. The van der Waals surface area contributed by atoms with Gasteiger partial charge in [0.15, 0.2) is 0 Å². The van der Waals surface area contributed by atoms with Crippen LogP contribution in [0.5, 0.6) is 0 Å². The maximum Gasteiger partial charge on any atom is 0.133 e. The lowest BCUT2D eigenvalue weighted by Gasteiger charge is -2.20. The standard InChI is InChI=1S/C8H13N3/c1-2-4-7(9)8-10-5-3-6-11-8/h2-3,5-8,10H,1,4,9H2. The van der Waals surface area contributed by atoms with E-state index in [-0.39, 0.29) is 12.2 Å². The van der Waals surface area contributed by atoms with Gasteiger partial charge in [-0.05, 0) is 18.7 Å². The molecule has 0 spiro atoms. The molecule has 1 heterocycles. The Morgan fingerprint density at radius 2 is 2.64 bits per heavy atom. The van der Waals surface area contributed by atoms with Gasteiger partial charge in [0, 0.05) is 12.3 Å². The number of aliphatic imine (C=N–C) groups is 1. The number of allylic oxidation sites excluding steroid dienone is 1. The van der Waals surface area contributed by atoms with E-state index in [0.717, 1.165) is 6.42 Å². The van der Waals surface area contributed by atoms with Crippen molar-refractivity contribution in [1.82, 2.24) is 5.32 Å². The molecule has 1 aliphatic rings. The van der Waals surface area contributed by atoms with Crippen molar-refractivity contribution in [3.8, 4) is 0 Å². The molecule has 3 nitrogen and oxygen atoms in total. The van der Waals surface area contributed by atoms with Crippen LogP contribution in [0.2, 0.25) is 0 Å². The molecule has 0 aromatic carbocycles. The highest BCUT2D eigenvalue weighted by molar-refractivity contribution is 5.71. The number of nitrogens with one attached hydrogen (secondary N) is 1. The van der Waals surface area contributed by atoms with E-state index in [1.807, 2.05) is 12.3 Å². The summed E-state index contributed by atoms with van der Waals surface area (Å²) >= 11 is 0. The largest absolute Gasteiger partial charge is 0.369 e. The van der Waals surface area contributed by atoms with Crippen LogP contribution in [0.15, 0.2) is 29.9 Å². The first-order chi connectivity index (χ1) is 5.34. The second-order valence-electron chi connectivity index (χ2n) is 2.46. The summed E-state index contributed by atoms with van der Waals surface area (Å²) in [5, 5.41) is 3.05. The second-order valence-corrected chi connectivity index (χ2v) is 2.46. The first-order valence-electron chi connectivity index (χ1n) is 3.65. The Balaban J connectivity index is 2.41. The molecule has 0 fully saturated rings. The Labute approximate surface area is 66.7 Å². The molecule has 1 aliphatic heterocycles. The van der Waals surface area contributed by atoms with Crippen LogP contribution in [-0.4, -0.2) is 18.4 Å². The maximum atomic E-state index is 5.78. The van der Waals surface area contributed by atoms with E-state index in [0.29, 0.717) is 0 Å². The molecular weight excluding hydrogens is 138 g/mol. The Kier molecular flexibility index (Phi) is 2.86. The van der Waals surface area contributed by atoms with Crippen LogP contribution in [0.1, 0.15) is 6.42 Å². The molecular formula is C8H13N3. The number of hydrogen-bond donors (Lipinski definition) is 2. The SMILES string of the molecule is C=CCC(N)C1N=CC=CN1. The zero-order valence-electron chi connectivity index (χ0n) is 6.40. The summed E-state index contributed by atoms with van der Waals surface area (Å²) in [5.74, 6) is 0. The highest BCUT2D eigenvalue weighted by atomic mass is 15.1. The van der Waals surface area contributed by atoms with Gasteiger partial charge in [0.25, 0.3) is 0 Å². The molecule has 60 valence electrons. The molecule has 0 amide bonds. The average molecular weight is 151 g/mol. The highest BCUT2D eigenvalue weighted by Crippen LogP contribution is 2.00. The topological polar surface area (TPSA) is 50.4 Å². The summed E-state index contributed by atoms with van der Waals surface area (Å²) in [4.78, 5) is 4.15. The van der Waals surface area contributed by atoms with Crippen molar-refractivity contribution in [3.05, 3.63) is 24.9 Å². The van der Waals surface area contributed by atoms with Crippen molar-refractivity contribution < 1.29 is 0 Å². The summed E-state index contributed by atoms with van der Waals surface area (Å²) in [5.41, 5.74) is 5.78. The predicted octanol–water partition coefficient (Wildman–Crippen LogP) is 0.404. The first-order valence-corrected chi connectivity index (χ1v) is 3.65. The van der Waals surface area contributed by atoms with Gasteiger partial charge >= 0.3 is 0 Å². The van der Waals surface area contributed by atoms with Gasteiger partial charge in [-0.25, -0.2) is 0 Å². The Morgan fingerprint density at radius 3 is 3.18 bits per heavy atom. The van der Waals surface area contributed by atoms with E-state index < -0.39 is 0 Å². The van der Waals surface area contributed by atoms with Crippen LogP contribution in [0.25, 0.3) is 0 Å². The normalized spacial score (nSPS) is 24.3. The van der Waals surface area contributed by atoms with Gasteiger partial charge < -0.3 is 11.1 Å². The van der Waals surface area contributed by atoms with Gasteiger partial charge in [0.2, 0.25) is 0 Å². The van der Waals surface area contributed by atoms with Gasteiger partial charge in [-0.1, -0.05) is 6.08 Å². The monoisotopic (exact) mass is 151 g/mol. The lowest BCUT2D eigenvalue weighted by Crippen LogP contribution is -2.42. The zero-order valence-corrected chi connectivity index (χ0v) is 6.40. The van der Waals surface area contributed by atoms with Crippen molar-refractivity contribution in [2.75, 3.05) is 0 Å². The van der Waals surface area contributed by atoms with E-state index in [9.17, 15) is 0 Å². The highest BCUT2D eigenvalue weighted by Gasteiger charge is 2.13. The molecule has 1 rings (SSSR count). The van der Waals surface area contributed by atoms with Gasteiger partial charge in [-0.2, -0.15) is 0 Å². The molecule has 0 aromatic rings. The van der Waals surface area contributed by atoms with E-state index in [1.54, 1.807) is 12.3 Å². The van der Waals surface area contributed by atoms with E-state index >= 15 is 0 Å². The summed E-state index contributed by atoms with van der Waals surface area (Å²) in [7, 11) is 0. The molecule has 0 radical (unpaired) electrons. The molecule has 0 saturated heterocycles. The summed E-state index contributed by atoms with van der Waals surface area (Å²) < 4.78 is 0. The van der Waals surface area contributed by atoms with Gasteiger partial charge in [-0.3, -0.25) is 4.99 Å². The molecule has 0 aliphatic carbocycles. The lowest BCUT2D eigenvalue weighted by molar-refractivity contribution is 0.491. The van der Waals surface area contributed by atoms with Crippen LogP contribution in [-0.2, 0) is 0 Å². The number of nitrogens with two attached hydrogens (primary N) is 1. The van der Waals surface area contributed by atoms with E-state index in [2.05, 4.69) is 16.9 Å². The van der Waals surface area contributed by atoms with Crippen LogP contribution < -0.4 is 11.1 Å². The summed E-state index contributed by atoms with van der Waals surface area (Å²) in [6.45, 7) is 3.62. The number of hydrogen-bond acceptors (Lipinski definition) is 3. The second kappa shape index (κ2) is 3.93. The first kappa shape index (κ1) is 8.01. The molecule has 3 heteroatoms.